The van der Waals surface area contributed by atoms with E-state index in [4.69, 9.17) is 0 Å². The number of unbranched alkanes of at least 4 members (excludes halogenated alkanes) is 1. The zero-order valence-electron chi connectivity index (χ0n) is 11.5. The molecule has 0 spiro atoms. The van der Waals surface area contributed by atoms with Crippen molar-refractivity contribution in [2.75, 3.05) is 5.43 Å². The highest BCUT2D eigenvalue weighted by molar-refractivity contribution is 5.42. The zero-order chi connectivity index (χ0) is 13.7. The number of anilines is 1. The Kier molecular flexibility index (Phi) is 4.39. The van der Waals surface area contributed by atoms with E-state index in [9.17, 15) is 4.79 Å². The maximum Gasteiger partial charge on any atom is 0.365 e. The third-order valence-electron chi connectivity index (χ3n) is 2.96. The van der Waals surface area contributed by atoms with Crippen LogP contribution >= 0.6 is 0 Å². The Bertz CT molecular complexity index is 571. The Labute approximate surface area is 112 Å². The second kappa shape index (κ2) is 6.22. The predicted molar refractivity (Wildman–Crippen MR) is 76.2 cm³/mol. The molecule has 0 saturated heterocycles. The molecule has 0 amide bonds. The summed E-state index contributed by atoms with van der Waals surface area (Å²) in [5.41, 5.74) is 3.89. The van der Waals surface area contributed by atoms with Gasteiger partial charge in [-0.25, -0.2) is 9.48 Å². The fourth-order valence-corrected chi connectivity index (χ4v) is 1.89. The Morgan fingerprint density at radius 1 is 1.21 bits per heavy atom. The molecule has 1 heterocycles. The maximum atomic E-state index is 12.3. The van der Waals surface area contributed by atoms with Gasteiger partial charge >= 0.3 is 5.69 Å². The molecule has 0 aliphatic carbocycles. The van der Waals surface area contributed by atoms with Crippen LogP contribution in [0.2, 0.25) is 0 Å². The topological polar surface area (TPSA) is 51.9 Å². The third kappa shape index (κ3) is 3.05. The van der Waals surface area contributed by atoms with Crippen molar-refractivity contribution >= 4 is 5.69 Å². The summed E-state index contributed by atoms with van der Waals surface area (Å²) in [6, 6.07) is 9.66. The molecule has 2 aromatic rings. The average molecular weight is 260 g/mol. The third-order valence-corrected chi connectivity index (χ3v) is 2.96. The van der Waals surface area contributed by atoms with Crippen LogP contribution in [-0.4, -0.2) is 14.5 Å². The van der Waals surface area contributed by atoms with Crippen molar-refractivity contribution in [1.29, 1.82) is 0 Å². The molecule has 2 rings (SSSR count). The van der Waals surface area contributed by atoms with Crippen LogP contribution in [-0.2, 0) is 13.0 Å². The van der Waals surface area contributed by atoms with Crippen LogP contribution in [0.5, 0.6) is 0 Å². The number of nitrogens with one attached hydrogen (secondary N) is 1. The highest BCUT2D eigenvalue weighted by Crippen LogP contribution is 2.06. The Morgan fingerprint density at radius 2 is 1.95 bits per heavy atom. The number of hydrogen-bond acceptors (Lipinski definition) is 3. The molecule has 1 aromatic heterocycles. The number of hydrogen-bond donors (Lipinski definition) is 1. The quantitative estimate of drug-likeness (QED) is 0.867. The van der Waals surface area contributed by atoms with E-state index in [0.29, 0.717) is 13.0 Å². The molecule has 5 nitrogen and oxygen atoms in total. The Hall–Kier alpha value is -2.04. The lowest BCUT2D eigenvalue weighted by Gasteiger charge is -2.07. The van der Waals surface area contributed by atoms with Gasteiger partial charge in [0.15, 0.2) is 5.82 Å². The number of aromatic nitrogens is 3. The van der Waals surface area contributed by atoms with Gasteiger partial charge in [-0.15, -0.1) is 0 Å². The Balaban J connectivity index is 2.28. The Morgan fingerprint density at radius 3 is 2.58 bits per heavy atom. The van der Waals surface area contributed by atoms with Gasteiger partial charge in [0.25, 0.3) is 0 Å². The van der Waals surface area contributed by atoms with Crippen molar-refractivity contribution in [1.82, 2.24) is 14.5 Å². The van der Waals surface area contributed by atoms with Crippen LogP contribution in [0.4, 0.5) is 5.69 Å². The van der Waals surface area contributed by atoms with E-state index >= 15 is 0 Å². The first-order chi connectivity index (χ1) is 9.26. The van der Waals surface area contributed by atoms with E-state index in [0.717, 1.165) is 24.4 Å². The van der Waals surface area contributed by atoms with Gasteiger partial charge in [0.2, 0.25) is 0 Å². The number of aryl methyl sites for hydroxylation is 2. The van der Waals surface area contributed by atoms with Crippen molar-refractivity contribution in [3.05, 3.63) is 46.6 Å². The van der Waals surface area contributed by atoms with Crippen molar-refractivity contribution in [3.63, 3.8) is 0 Å². The molecule has 0 saturated carbocycles. The SMILES string of the molecule is CCCCn1nc(CC)n(Nc2ccccc2)c1=O. The van der Waals surface area contributed by atoms with Gasteiger partial charge in [-0.05, 0) is 18.6 Å². The van der Waals surface area contributed by atoms with E-state index in [-0.39, 0.29) is 5.69 Å². The van der Waals surface area contributed by atoms with Crippen molar-refractivity contribution in [2.45, 2.75) is 39.7 Å². The smallest absolute Gasteiger partial charge is 0.289 e. The second-order valence-electron chi connectivity index (χ2n) is 4.44. The summed E-state index contributed by atoms with van der Waals surface area (Å²) in [4.78, 5) is 12.3. The summed E-state index contributed by atoms with van der Waals surface area (Å²) in [6.07, 6.45) is 2.73. The van der Waals surface area contributed by atoms with Crippen molar-refractivity contribution in [3.8, 4) is 0 Å². The lowest BCUT2D eigenvalue weighted by molar-refractivity contribution is 0.547. The first kappa shape index (κ1) is 13.4. The molecule has 0 fully saturated rings. The first-order valence-electron chi connectivity index (χ1n) is 6.77. The summed E-state index contributed by atoms with van der Waals surface area (Å²) < 4.78 is 3.07. The highest BCUT2D eigenvalue weighted by Gasteiger charge is 2.11. The van der Waals surface area contributed by atoms with E-state index in [1.54, 1.807) is 0 Å². The number of rotatable bonds is 6. The fourth-order valence-electron chi connectivity index (χ4n) is 1.89. The molecular weight excluding hydrogens is 240 g/mol. The monoisotopic (exact) mass is 260 g/mol. The number of nitrogens with zero attached hydrogens (tertiary/aromatic N) is 3. The van der Waals surface area contributed by atoms with E-state index < -0.39 is 0 Å². The summed E-state index contributed by atoms with van der Waals surface area (Å²) in [6.45, 7) is 4.77. The first-order valence-corrected chi connectivity index (χ1v) is 6.77. The molecule has 1 aromatic carbocycles. The van der Waals surface area contributed by atoms with Crippen LogP contribution in [0, 0.1) is 0 Å². The van der Waals surface area contributed by atoms with E-state index in [2.05, 4.69) is 17.4 Å². The normalized spacial score (nSPS) is 10.6. The van der Waals surface area contributed by atoms with Crippen LogP contribution in [0.1, 0.15) is 32.5 Å². The predicted octanol–water partition coefficient (Wildman–Crippen LogP) is 2.28. The summed E-state index contributed by atoms with van der Waals surface area (Å²) >= 11 is 0. The molecule has 5 heteroatoms. The lowest BCUT2D eigenvalue weighted by Crippen LogP contribution is -2.30. The van der Waals surface area contributed by atoms with Crippen LogP contribution < -0.4 is 11.1 Å². The second-order valence-corrected chi connectivity index (χ2v) is 4.44. The van der Waals surface area contributed by atoms with Crippen LogP contribution in [0.3, 0.4) is 0 Å². The minimum atomic E-state index is -0.103. The number of para-hydroxylation sites is 1. The highest BCUT2D eigenvalue weighted by atomic mass is 16.2. The molecule has 102 valence electrons. The maximum absolute atomic E-state index is 12.3. The average Bonchev–Trinajstić information content (AvgIpc) is 2.74. The van der Waals surface area contributed by atoms with Gasteiger partial charge < -0.3 is 0 Å². The minimum Gasteiger partial charge on any atom is -0.289 e. The molecule has 0 bridgehead atoms. The van der Waals surface area contributed by atoms with Gasteiger partial charge in [0.1, 0.15) is 0 Å². The zero-order valence-corrected chi connectivity index (χ0v) is 11.5. The fraction of sp³-hybridized carbons (Fsp3) is 0.429. The van der Waals surface area contributed by atoms with E-state index in [1.165, 1.54) is 9.36 Å². The van der Waals surface area contributed by atoms with Gasteiger partial charge in [0, 0.05) is 13.0 Å². The molecule has 0 aliphatic heterocycles. The van der Waals surface area contributed by atoms with Gasteiger partial charge in [0.05, 0.1) is 5.69 Å². The summed E-state index contributed by atoms with van der Waals surface area (Å²) in [5.74, 6) is 0.755. The minimum absolute atomic E-state index is 0.103. The summed E-state index contributed by atoms with van der Waals surface area (Å²) in [7, 11) is 0. The van der Waals surface area contributed by atoms with Gasteiger partial charge in [-0.3, -0.25) is 5.43 Å². The molecule has 0 atom stereocenters. The standard InChI is InChI=1S/C14H20N4O/c1-3-5-11-17-14(19)18(13(4-2)16-17)15-12-9-7-6-8-10-12/h6-10,15H,3-5,11H2,1-2H3. The molecule has 0 radical (unpaired) electrons. The van der Waals surface area contributed by atoms with Gasteiger partial charge in [-0.2, -0.15) is 9.77 Å². The molecular formula is C14H20N4O. The van der Waals surface area contributed by atoms with Gasteiger partial charge in [-0.1, -0.05) is 38.5 Å². The molecule has 1 N–H and O–H groups in total. The largest absolute Gasteiger partial charge is 0.365 e. The lowest BCUT2D eigenvalue weighted by atomic mass is 10.3. The van der Waals surface area contributed by atoms with Crippen molar-refractivity contribution < 1.29 is 0 Å². The molecule has 19 heavy (non-hydrogen) atoms. The van der Waals surface area contributed by atoms with Crippen LogP contribution in [0.15, 0.2) is 35.1 Å². The van der Waals surface area contributed by atoms with Crippen molar-refractivity contribution in [2.24, 2.45) is 0 Å². The molecule has 0 unspecified atom stereocenters. The van der Waals surface area contributed by atoms with Crippen LogP contribution in [0.25, 0.3) is 0 Å². The van der Waals surface area contributed by atoms with E-state index in [1.807, 2.05) is 37.3 Å². The molecule has 0 aliphatic rings. The summed E-state index contributed by atoms with van der Waals surface area (Å²) in [5, 5.41) is 4.37. The number of benzene rings is 1.